The minimum atomic E-state index is -0.812. The lowest BCUT2D eigenvalue weighted by molar-refractivity contribution is -0.139. The Morgan fingerprint density at radius 2 is 1.81 bits per heavy atom. The minimum Gasteiger partial charge on any atom is -0.342 e. The highest BCUT2D eigenvalue weighted by Gasteiger charge is 2.41. The fourth-order valence-corrected chi connectivity index (χ4v) is 2.71. The molecule has 0 bridgehead atoms. The standard InChI is InChI=1S/C16H21FN2O2/c1-3-16(4-2)15(21)19(10-9-14(20)18-16)11-12-5-7-13(17)8-6-12/h5-8H,3-4,9-11H2,1-2H3,(H,18,20). The minimum absolute atomic E-state index is 0.0531. The van der Waals surface area contributed by atoms with Gasteiger partial charge in [-0.3, -0.25) is 9.59 Å². The van der Waals surface area contributed by atoms with Crippen LogP contribution in [0.1, 0.15) is 38.7 Å². The van der Waals surface area contributed by atoms with Crippen LogP contribution in [0.15, 0.2) is 24.3 Å². The van der Waals surface area contributed by atoms with Crippen molar-refractivity contribution < 1.29 is 14.0 Å². The van der Waals surface area contributed by atoms with E-state index in [0.29, 0.717) is 32.4 Å². The molecule has 4 nitrogen and oxygen atoms in total. The normalized spacial score (nSPS) is 18.3. The number of hydrogen-bond donors (Lipinski definition) is 1. The van der Waals surface area contributed by atoms with Crippen LogP contribution in [-0.4, -0.2) is 28.8 Å². The summed E-state index contributed by atoms with van der Waals surface area (Å²) in [7, 11) is 0. The molecule has 0 spiro atoms. The van der Waals surface area contributed by atoms with E-state index in [9.17, 15) is 14.0 Å². The summed E-state index contributed by atoms with van der Waals surface area (Å²) in [6, 6.07) is 6.10. The Bertz CT molecular complexity index is 524. The summed E-state index contributed by atoms with van der Waals surface area (Å²) in [4.78, 5) is 26.3. The van der Waals surface area contributed by atoms with E-state index in [1.54, 1.807) is 17.0 Å². The van der Waals surface area contributed by atoms with E-state index in [4.69, 9.17) is 0 Å². The molecule has 114 valence electrons. The Morgan fingerprint density at radius 1 is 1.19 bits per heavy atom. The first-order valence-electron chi connectivity index (χ1n) is 7.35. The van der Waals surface area contributed by atoms with Gasteiger partial charge in [-0.05, 0) is 30.5 Å². The molecular weight excluding hydrogens is 271 g/mol. The third-order valence-electron chi connectivity index (χ3n) is 4.18. The van der Waals surface area contributed by atoms with E-state index in [1.165, 1.54) is 12.1 Å². The predicted molar refractivity (Wildman–Crippen MR) is 77.9 cm³/mol. The Balaban J connectivity index is 2.23. The fourth-order valence-electron chi connectivity index (χ4n) is 2.71. The van der Waals surface area contributed by atoms with Crippen LogP contribution in [0.3, 0.4) is 0 Å². The molecule has 0 aromatic heterocycles. The molecular formula is C16H21FN2O2. The van der Waals surface area contributed by atoms with Crippen molar-refractivity contribution in [2.45, 2.75) is 45.2 Å². The van der Waals surface area contributed by atoms with Gasteiger partial charge in [0, 0.05) is 19.5 Å². The Hall–Kier alpha value is -1.91. The first-order chi connectivity index (χ1) is 10.0. The number of benzene rings is 1. The van der Waals surface area contributed by atoms with E-state index < -0.39 is 5.54 Å². The molecule has 1 saturated heterocycles. The molecule has 0 unspecified atom stereocenters. The van der Waals surface area contributed by atoms with Gasteiger partial charge in [0.25, 0.3) is 0 Å². The molecule has 2 rings (SSSR count). The quantitative estimate of drug-likeness (QED) is 0.925. The van der Waals surface area contributed by atoms with E-state index in [0.717, 1.165) is 5.56 Å². The number of halogens is 1. The molecule has 1 fully saturated rings. The number of carbonyl (C=O) groups is 2. The van der Waals surface area contributed by atoms with Crippen molar-refractivity contribution in [2.75, 3.05) is 6.54 Å². The van der Waals surface area contributed by atoms with Crippen molar-refractivity contribution in [3.63, 3.8) is 0 Å². The molecule has 1 heterocycles. The van der Waals surface area contributed by atoms with Crippen LogP contribution >= 0.6 is 0 Å². The summed E-state index contributed by atoms with van der Waals surface area (Å²) >= 11 is 0. The zero-order valence-electron chi connectivity index (χ0n) is 12.5. The van der Waals surface area contributed by atoms with Gasteiger partial charge in [-0.2, -0.15) is 0 Å². The third-order valence-corrected chi connectivity index (χ3v) is 4.18. The molecule has 0 aliphatic carbocycles. The van der Waals surface area contributed by atoms with Crippen molar-refractivity contribution in [3.8, 4) is 0 Å². The maximum atomic E-state index is 13.0. The largest absolute Gasteiger partial charge is 0.342 e. The average Bonchev–Trinajstić information content (AvgIpc) is 2.61. The van der Waals surface area contributed by atoms with Crippen molar-refractivity contribution in [1.29, 1.82) is 0 Å². The molecule has 2 amide bonds. The maximum absolute atomic E-state index is 13.0. The van der Waals surface area contributed by atoms with Gasteiger partial charge in [0.05, 0.1) is 0 Å². The fraction of sp³-hybridized carbons (Fsp3) is 0.500. The lowest BCUT2D eigenvalue weighted by atomic mass is 9.91. The number of amides is 2. The zero-order valence-corrected chi connectivity index (χ0v) is 12.5. The molecule has 0 saturated carbocycles. The first-order valence-corrected chi connectivity index (χ1v) is 7.35. The van der Waals surface area contributed by atoms with Gasteiger partial charge in [-0.1, -0.05) is 26.0 Å². The van der Waals surface area contributed by atoms with Gasteiger partial charge in [-0.25, -0.2) is 4.39 Å². The van der Waals surface area contributed by atoms with Crippen molar-refractivity contribution in [1.82, 2.24) is 10.2 Å². The lowest BCUT2D eigenvalue weighted by Crippen LogP contribution is -2.56. The monoisotopic (exact) mass is 292 g/mol. The van der Waals surface area contributed by atoms with Crippen molar-refractivity contribution in [2.24, 2.45) is 0 Å². The van der Waals surface area contributed by atoms with Gasteiger partial charge in [0.1, 0.15) is 11.4 Å². The number of nitrogens with one attached hydrogen (secondary N) is 1. The van der Waals surface area contributed by atoms with E-state index in [2.05, 4.69) is 5.32 Å². The van der Waals surface area contributed by atoms with Gasteiger partial charge in [0.15, 0.2) is 0 Å². The average molecular weight is 292 g/mol. The van der Waals surface area contributed by atoms with Crippen LogP contribution in [0.5, 0.6) is 0 Å². The topological polar surface area (TPSA) is 49.4 Å². The number of hydrogen-bond acceptors (Lipinski definition) is 2. The highest BCUT2D eigenvalue weighted by atomic mass is 19.1. The molecule has 0 radical (unpaired) electrons. The summed E-state index contributed by atoms with van der Waals surface area (Å²) in [6.45, 7) is 4.60. The van der Waals surface area contributed by atoms with Crippen LogP contribution < -0.4 is 5.32 Å². The number of nitrogens with zero attached hydrogens (tertiary/aromatic N) is 1. The van der Waals surface area contributed by atoms with Crippen molar-refractivity contribution in [3.05, 3.63) is 35.6 Å². The van der Waals surface area contributed by atoms with Gasteiger partial charge < -0.3 is 10.2 Å². The van der Waals surface area contributed by atoms with Crippen molar-refractivity contribution >= 4 is 11.8 Å². The number of rotatable bonds is 4. The van der Waals surface area contributed by atoms with Gasteiger partial charge in [0.2, 0.25) is 11.8 Å². The molecule has 1 aromatic carbocycles. The highest BCUT2D eigenvalue weighted by molar-refractivity contribution is 5.93. The second-order valence-electron chi connectivity index (χ2n) is 5.44. The lowest BCUT2D eigenvalue weighted by Gasteiger charge is -2.33. The van der Waals surface area contributed by atoms with Crippen LogP contribution in [0.25, 0.3) is 0 Å². The van der Waals surface area contributed by atoms with Crippen LogP contribution in [0.2, 0.25) is 0 Å². The molecule has 21 heavy (non-hydrogen) atoms. The number of carbonyl (C=O) groups excluding carboxylic acids is 2. The third kappa shape index (κ3) is 3.23. The van der Waals surface area contributed by atoms with Gasteiger partial charge in [-0.15, -0.1) is 0 Å². The molecule has 1 aliphatic heterocycles. The smallest absolute Gasteiger partial charge is 0.248 e. The summed E-state index contributed by atoms with van der Waals surface area (Å²) in [5.74, 6) is -0.439. The maximum Gasteiger partial charge on any atom is 0.248 e. The SMILES string of the molecule is CCC1(CC)NC(=O)CCN(Cc2ccc(F)cc2)C1=O. The summed E-state index contributed by atoms with van der Waals surface area (Å²) in [5, 5.41) is 2.88. The Labute approximate surface area is 124 Å². The molecule has 1 N–H and O–H groups in total. The summed E-state index contributed by atoms with van der Waals surface area (Å²) < 4.78 is 13.0. The summed E-state index contributed by atoms with van der Waals surface area (Å²) in [5.41, 5.74) is 0.0494. The molecule has 0 atom stereocenters. The second kappa shape index (κ2) is 6.24. The predicted octanol–water partition coefficient (Wildman–Crippen LogP) is 2.23. The highest BCUT2D eigenvalue weighted by Crippen LogP contribution is 2.23. The first kappa shape index (κ1) is 15.5. The van der Waals surface area contributed by atoms with E-state index in [-0.39, 0.29) is 17.6 Å². The zero-order chi connectivity index (χ0) is 15.5. The van der Waals surface area contributed by atoms with Crippen LogP contribution in [0, 0.1) is 5.82 Å². The Morgan fingerprint density at radius 3 is 2.38 bits per heavy atom. The van der Waals surface area contributed by atoms with Crippen LogP contribution in [-0.2, 0) is 16.1 Å². The molecule has 1 aliphatic rings. The Kier molecular flexibility index (Phi) is 4.60. The van der Waals surface area contributed by atoms with Gasteiger partial charge >= 0.3 is 0 Å². The van der Waals surface area contributed by atoms with E-state index in [1.807, 2.05) is 13.8 Å². The van der Waals surface area contributed by atoms with Crippen LogP contribution in [0.4, 0.5) is 4.39 Å². The molecule has 1 aromatic rings. The van der Waals surface area contributed by atoms with E-state index >= 15 is 0 Å². The molecule has 5 heteroatoms. The second-order valence-corrected chi connectivity index (χ2v) is 5.44. The summed E-state index contributed by atoms with van der Waals surface area (Å²) in [6.07, 6.45) is 1.43.